The number of nitrogens with two attached hydrogens (primary N) is 1. The predicted octanol–water partition coefficient (Wildman–Crippen LogP) is 1.15. The molecule has 1 aromatic carbocycles. The first-order chi connectivity index (χ1) is 6.16. The van der Waals surface area contributed by atoms with Gasteiger partial charge in [0.1, 0.15) is 0 Å². The van der Waals surface area contributed by atoms with Crippen molar-refractivity contribution in [2.75, 3.05) is 0 Å². The zero-order valence-corrected chi connectivity index (χ0v) is 7.32. The van der Waals surface area contributed by atoms with Crippen LogP contribution in [0.3, 0.4) is 0 Å². The quantitative estimate of drug-likeness (QED) is 0.731. The molecule has 0 fully saturated rings. The van der Waals surface area contributed by atoms with Gasteiger partial charge < -0.3 is 5.73 Å². The van der Waals surface area contributed by atoms with Crippen LogP contribution in [0.1, 0.15) is 24.1 Å². The van der Waals surface area contributed by atoms with Gasteiger partial charge in [0.25, 0.3) is 0 Å². The van der Waals surface area contributed by atoms with Crippen LogP contribution in [-0.2, 0) is 4.79 Å². The summed E-state index contributed by atoms with van der Waals surface area (Å²) in [5.74, 6) is -0.136. The number of ketones is 1. The van der Waals surface area contributed by atoms with E-state index in [1.165, 1.54) is 6.92 Å². The molecule has 0 radical (unpaired) electrons. The fourth-order valence-corrected chi connectivity index (χ4v) is 1.09. The Labute approximate surface area is 76.8 Å². The van der Waals surface area contributed by atoms with Gasteiger partial charge in [0.15, 0.2) is 5.78 Å². The molecule has 0 spiro atoms. The number of hydrogen-bond acceptors (Lipinski definition) is 3. The van der Waals surface area contributed by atoms with Crippen molar-refractivity contribution >= 4 is 5.78 Å². The van der Waals surface area contributed by atoms with Gasteiger partial charge in [-0.3, -0.25) is 4.79 Å². The first-order valence-electron chi connectivity index (χ1n) is 3.92. The first kappa shape index (κ1) is 9.43. The van der Waals surface area contributed by atoms with Gasteiger partial charge in [-0.1, -0.05) is 18.2 Å². The van der Waals surface area contributed by atoms with Crippen LogP contribution in [0.5, 0.6) is 0 Å². The van der Waals surface area contributed by atoms with Crippen molar-refractivity contribution in [1.82, 2.24) is 0 Å². The van der Waals surface area contributed by atoms with Gasteiger partial charge in [-0.2, -0.15) is 5.26 Å². The Balaban J connectivity index is 3.15. The van der Waals surface area contributed by atoms with Crippen LogP contribution in [0, 0.1) is 11.3 Å². The van der Waals surface area contributed by atoms with E-state index >= 15 is 0 Å². The highest BCUT2D eigenvalue weighted by Crippen LogP contribution is 2.15. The number of Topliss-reactive ketones (excluding diaryl/α,β-unsaturated/α-hetero) is 1. The van der Waals surface area contributed by atoms with E-state index in [9.17, 15) is 4.79 Å². The Kier molecular flexibility index (Phi) is 2.78. The summed E-state index contributed by atoms with van der Waals surface area (Å²) < 4.78 is 0. The molecule has 3 heteroatoms. The summed E-state index contributed by atoms with van der Waals surface area (Å²) in [6.07, 6.45) is 0. The van der Waals surface area contributed by atoms with Gasteiger partial charge in [-0.15, -0.1) is 0 Å². The number of carbonyl (C=O) groups excluding carboxylic acids is 1. The minimum absolute atomic E-state index is 0.136. The summed E-state index contributed by atoms with van der Waals surface area (Å²) in [5, 5.41) is 8.73. The fourth-order valence-electron chi connectivity index (χ4n) is 1.09. The van der Waals surface area contributed by atoms with Crippen LogP contribution in [0.4, 0.5) is 0 Å². The van der Waals surface area contributed by atoms with E-state index in [1.807, 2.05) is 6.07 Å². The number of carbonyl (C=O) groups is 1. The lowest BCUT2D eigenvalue weighted by molar-refractivity contribution is -0.118. The summed E-state index contributed by atoms with van der Waals surface area (Å²) in [7, 11) is 0. The summed E-state index contributed by atoms with van der Waals surface area (Å²) in [6, 6.07) is 8.17. The van der Waals surface area contributed by atoms with Crippen molar-refractivity contribution < 1.29 is 4.79 Å². The van der Waals surface area contributed by atoms with Crippen LogP contribution in [0.15, 0.2) is 24.3 Å². The van der Waals surface area contributed by atoms with Crippen molar-refractivity contribution in [2.24, 2.45) is 5.73 Å². The standard InChI is InChI=1S/C10H10N2O/c1-7(13)10(12)9-5-3-2-4-8(9)6-11/h2-5,10H,12H2,1H3. The molecular formula is C10H10N2O. The Morgan fingerprint density at radius 2 is 2.15 bits per heavy atom. The van der Waals surface area contributed by atoms with Gasteiger partial charge in [0.2, 0.25) is 0 Å². The van der Waals surface area contributed by atoms with Crippen molar-refractivity contribution in [2.45, 2.75) is 13.0 Å². The number of benzene rings is 1. The molecule has 1 unspecified atom stereocenters. The Bertz CT molecular complexity index is 365. The first-order valence-corrected chi connectivity index (χ1v) is 3.92. The van der Waals surface area contributed by atoms with Gasteiger partial charge >= 0.3 is 0 Å². The van der Waals surface area contributed by atoms with E-state index in [-0.39, 0.29) is 5.78 Å². The van der Waals surface area contributed by atoms with E-state index < -0.39 is 6.04 Å². The zero-order valence-electron chi connectivity index (χ0n) is 7.32. The molecule has 0 aromatic heterocycles. The molecule has 0 aliphatic rings. The van der Waals surface area contributed by atoms with Crippen LogP contribution >= 0.6 is 0 Å². The summed E-state index contributed by atoms with van der Waals surface area (Å²) >= 11 is 0. The van der Waals surface area contributed by atoms with Crippen LogP contribution in [-0.4, -0.2) is 5.78 Å². The predicted molar refractivity (Wildman–Crippen MR) is 48.8 cm³/mol. The highest BCUT2D eigenvalue weighted by molar-refractivity contribution is 5.83. The minimum Gasteiger partial charge on any atom is -0.318 e. The van der Waals surface area contributed by atoms with E-state index in [4.69, 9.17) is 11.0 Å². The van der Waals surface area contributed by atoms with Gasteiger partial charge in [0, 0.05) is 0 Å². The number of hydrogen-bond donors (Lipinski definition) is 1. The van der Waals surface area contributed by atoms with Gasteiger partial charge in [-0.05, 0) is 18.6 Å². The van der Waals surface area contributed by atoms with E-state index in [0.29, 0.717) is 11.1 Å². The third kappa shape index (κ3) is 1.92. The third-order valence-electron chi connectivity index (χ3n) is 1.85. The van der Waals surface area contributed by atoms with Crippen molar-refractivity contribution in [3.63, 3.8) is 0 Å². The molecule has 0 saturated carbocycles. The lowest BCUT2D eigenvalue weighted by Crippen LogP contribution is -2.19. The summed E-state index contributed by atoms with van der Waals surface area (Å²) in [6.45, 7) is 1.42. The van der Waals surface area contributed by atoms with E-state index in [0.717, 1.165) is 0 Å². The normalized spacial score (nSPS) is 11.8. The molecule has 0 amide bonds. The molecule has 0 aliphatic heterocycles. The highest BCUT2D eigenvalue weighted by atomic mass is 16.1. The SMILES string of the molecule is CC(=O)C(N)c1ccccc1C#N. The molecule has 3 nitrogen and oxygen atoms in total. The number of nitriles is 1. The second-order valence-electron chi connectivity index (χ2n) is 2.79. The molecule has 0 bridgehead atoms. The average molecular weight is 174 g/mol. The number of rotatable bonds is 2. The number of nitrogens with zero attached hydrogens (tertiary/aromatic N) is 1. The van der Waals surface area contributed by atoms with E-state index in [1.54, 1.807) is 24.3 Å². The van der Waals surface area contributed by atoms with Crippen LogP contribution < -0.4 is 5.73 Å². The minimum atomic E-state index is -0.684. The maximum absolute atomic E-state index is 11.0. The monoisotopic (exact) mass is 174 g/mol. The molecule has 66 valence electrons. The van der Waals surface area contributed by atoms with Crippen molar-refractivity contribution in [3.05, 3.63) is 35.4 Å². The van der Waals surface area contributed by atoms with Crippen molar-refractivity contribution in [1.29, 1.82) is 5.26 Å². The van der Waals surface area contributed by atoms with Crippen LogP contribution in [0.2, 0.25) is 0 Å². The topological polar surface area (TPSA) is 66.9 Å². The lowest BCUT2D eigenvalue weighted by atomic mass is 9.99. The average Bonchev–Trinajstić information content (AvgIpc) is 2.16. The Morgan fingerprint density at radius 1 is 1.54 bits per heavy atom. The van der Waals surface area contributed by atoms with Gasteiger partial charge in [-0.25, -0.2) is 0 Å². The fraction of sp³-hybridized carbons (Fsp3) is 0.200. The molecule has 1 atom stereocenters. The van der Waals surface area contributed by atoms with Crippen molar-refractivity contribution in [3.8, 4) is 6.07 Å². The molecule has 0 aliphatic carbocycles. The summed E-state index contributed by atoms with van der Waals surface area (Å²) in [5.41, 5.74) is 6.67. The Hall–Kier alpha value is -1.66. The molecular weight excluding hydrogens is 164 g/mol. The second-order valence-corrected chi connectivity index (χ2v) is 2.79. The molecule has 2 N–H and O–H groups in total. The second kappa shape index (κ2) is 3.83. The van der Waals surface area contributed by atoms with E-state index in [2.05, 4.69) is 0 Å². The Morgan fingerprint density at radius 3 is 2.69 bits per heavy atom. The zero-order chi connectivity index (χ0) is 9.84. The third-order valence-corrected chi connectivity index (χ3v) is 1.85. The maximum atomic E-state index is 11.0. The molecule has 0 heterocycles. The smallest absolute Gasteiger partial charge is 0.151 e. The molecule has 1 aromatic rings. The molecule has 0 saturated heterocycles. The van der Waals surface area contributed by atoms with Gasteiger partial charge in [0.05, 0.1) is 17.7 Å². The molecule has 1 rings (SSSR count). The maximum Gasteiger partial charge on any atom is 0.151 e. The molecule has 13 heavy (non-hydrogen) atoms. The summed E-state index contributed by atoms with van der Waals surface area (Å²) in [4.78, 5) is 11.0. The van der Waals surface area contributed by atoms with Crippen LogP contribution in [0.25, 0.3) is 0 Å². The largest absolute Gasteiger partial charge is 0.318 e. The lowest BCUT2D eigenvalue weighted by Gasteiger charge is -2.08. The highest BCUT2D eigenvalue weighted by Gasteiger charge is 2.13.